The Morgan fingerprint density at radius 3 is 2.87 bits per heavy atom. The van der Waals surface area contributed by atoms with Gasteiger partial charge in [-0.25, -0.2) is 0 Å². The van der Waals surface area contributed by atoms with E-state index in [-0.39, 0.29) is 16.7 Å². The van der Waals surface area contributed by atoms with Crippen LogP contribution in [0.15, 0.2) is 24.3 Å². The predicted octanol–water partition coefficient (Wildman–Crippen LogP) is 2.66. The fourth-order valence-electron chi connectivity index (χ4n) is 1.39. The van der Waals surface area contributed by atoms with E-state index in [2.05, 4.69) is 12.2 Å². The highest BCUT2D eigenvalue weighted by Crippen LogP contribution is 2.18. The van der Waals surface area contributed by atoms with Crippen molar-refractivity contribution in [1.29, 1.82) is 0 Å². The van der Waals surface area contributed by atoms with Gasteiger partial charge in [0.05, 0.1) is 4.92 Å². The van der Waals surface area contributed by atoms with Gasteiger partial charge in [-0.3, -0.25) is 10.1 Å². The van der Waals surface area contributed by atoms with E-state index in [4.69, 9.17) is 0 Å². The molecule has 0 fully saturated rings. The fourth-order valence-corrected chi connectivity index (χ4v) is 1.39. The van der Waals surface area contributed by atoms with Crippen molar-refractivity contribution in [2.45, 2.75) is 26.3 Å². The van der Waals surface area contributed by atoms with Crippen LogP contribution in [0, 0.1) is 10.1 Å². The normalized spacial score (nSPS) is 12.4. The molecule has 0 saturated heterocycles. The Balaban J connectivity index is 2.76. The Kier molecular flexibility index (Phi) is 4.24. The van der Waals surface area contributed by atoms with Crippen molar-refractivity contribution in [3.63, 3.8) is 0 Å². The number of hydrogen-bond acceptors (Lipinski definition) is 3. The highest BCUT2D eigenvalue weighted by molar-refractivity contribution is 5.35. The highest BCUT2D eigenvalue weighted by Gasteiger charge is 2.09. The van der Waals surface area contributed by atoms with Crippen molar-refractivity contribution in [1.82, 2.24) is 5.32 Å². The zero-order chi connectivity index (χ0) is 11.3. The van der Waals surface area contributed by atoms with Gasteiger partial charge in [0.2, 0.25) is 0 Å². The molecular weight excluding hydrogens is 192 g/mol. The van der Waals surface area contributed by atoms with Crippen LogP contribution in [0.5, 0.6) is 0 Å². The third-order valence-electron chi connectivity index (χ3n) is 2.28. The third-order valence-corrected chi connectivity index (χ3v) is 2.28. The number of nitro groups is 1. The maximum Gasteiger partial charge on any atom is 0.269 e. The summed E-state index contributed by atoms with van der Waals surface area (Å²) in [5.74, 6) is 0. The van der Waals surface area contributed by atoms with Crippen molar-refractivity contribution in [3.05, 3.63) is 39.9 Å². The third kappa shape index (κ3) is 3.32. The van der Waals surface area contributed by atoms with Gasteiger partial charge >= 0.3 is 0 Å². The van der Waals surface area contributed by atoms with Gasteiger partial charge in [0.25, 0.3) is 5.69 Å². The Hall–Kier alpha value is -1.42. The average molecular weight is 208 g/mol. The Morgan fingerprint density at radius 2 is 2.27 bits per heavy atom. The summed E-state index contributed by atoms with van der Waals surface area (Å²) in [5, 5.41) is 13.9. The first-order valence-electron chi connectivity index (χ1n) is 5.13. The minimum absolute atomic E-state index is 0.151. The fraction of sp³-hybridized carbons (Fsp3) is 0.455. The maximum atomic E-state index is 10.6. The summed E-state index contributed by atoms with van der Waals surface area (Å²) in [6.45, 7) is 5.02. The summed E-state index contributed by atoms with van der Waals surface area (Å²) in [6, 6.07) is 6.91. The summed E-state index contributed by atoms with van der Waals surface area (Å²) in [5.41, 5.74) is 1.11. The second-order valence-electron chi connectivity index (χ2n) is 3.53. The zero-order valence-corrected chi connectivity index (χ0v) is 9.06. The molecule has 4 nitrogen and oxygen atoms in total. The lowest BCUT2D eigenvalue weighted by Gasteiger charge is -2.12. The van der Waals surface area contributed by atoms with Crippen molar-refractivity contribution >= 4 is 5.69 Å². The van der Waals surface area contributed by atoms with Crippen LogP contribution in [0.25, 0.3) is 0 Å². The first-order chi connectivity index (χ1) is 7.15. The SMILES string of the molecule is CCCNC(C)c1cccc([N+](=O)[O-])c1. The molecule has 0 aliphatic rings. The molecule has 0 amide bonds. The number of nitro benzene ring substituents is 1. The second kappa shape index (κ2) is 5.46. The van der Waals surface area contributed by atoms with Gasteiger partial charge in [-0.15, -0.1) is 0 Å². The smallest absolute Gasteiger partial charge is 0.269 e. The quantitative estimate of drug-likeness (QED) is 0.597. The van der Waals surface area contributed by atoms with Crippen LogP contribution in [0.4, 0.5) is 5.69 Å². The molecule has 1 atom stereocenters. The van der Waals surface area contributed by atoms with E-state index >= 15 is 0 Å². The largest absolute Gasteiger partial charge is 0.310 e. The Labute approximate surface area is 89.5 Å². The molecule has 0 aliphatic carbocycles. The van der Waals surface area contributed by atoms with Gasteiger partial charge in [0.15, 0.2) is 0 Å². The first-order valence-corrected chi connectivity index (χ1v) is 5.13. The van der Waals surface area contributed by atoms with Crippen LogP contribution >= 0.6 is 0 Å². The molecule has 1 rings (SSSR count). The summed E-state index contributed by atoms with van der Waals surface area (Å²) in [6.07, 6.45) is 1.05. The number of nitrogens with one attached hydrogen (secondary N) is 1. The molecule has 1 unspecified atom stereocenters. The first kappa shape index (κ1) is 11.7. The Morgan fingerprint density at radius 1 is 1.53 bits per heavy atom. The lowest BCUT2D eigenvalue weighted by Crippen LogP contribution is -2.19. The molecule has 0 radical (unpaired) electrons. The predicted molar refractivity (Wildman–Crippen MR) is 59.8 cm³/mol. The lowest BCUT2D eigenvalue weighted by molar-refractivity contribution is -0.384. The minimum atomic E-state index is -0.365. The summed E-state index contributed by atoms with van der Waals surface area (Å²) >= 11 is 0. The summed E-state index contributed by atoms with van der Waals surface area (Å²) in [4.78, 5) is 10.2. The van der Waals surface area contributed by atoms with Crippen molar-refractivity contribution in [2.75, 3.05) is 6.54 Å². The van der Waals surface area contributed by atoms with Crippen LogP contribution in [0.1, 0.15) is 31.9 Å². The molecule has 0 heterocycles. The van der Waals surface area contributed by atoms with E-state index in [1.54, 1.807) is 12.1 Å². The minimum Gasteiger partial charge on any atom is -0.310 e. The molecule has 82 valence electrons. The van der Waals surface area contributed by atoms with Gasteiger partial charge in [0.1, 0.15) is 0 Å². The van der Waals surface area contributed by atoms with Crippen LogP contribution in [-0.2, 0) is 0 Å². The topological polar surface area (TPSA) is 55.2 Å². The molecule has 4 heteroatoms. The van der Waals surface area contributed by atoms with Gasteiger partial charge in [-0.2, -0.15) is 0 Å². The highest BCUT2D eigenvalue weighted by atomic mass is 16.6. The molecule has 15 heavy (non-hydrogen) atoms. The number of benzene rings is 1. The van der Waals surface area contributed by atoms with Crippen molar-refractivity contribution < 1.29 is 4.92 Å². The van der Waals surface area contributed by atoms with Gasteiger partial charge in [-0.1, -0.05) is 19.1 Å². The molecular formula is C11H16N2O2. The average Bonchev–Trinajstić information content (AvgIpc) is 2.26. The number of nitrogens with zero attached hydrogens (tertiary/aromatic N) is 1. The van der Waals surface area contributed by atoms with Crippen LogP contribution in [0.2, 0.25) is 0 Å². The molecule has 1 aromatic rings. The second-order valence-corrected chi connectivity index (χ2v) is 3.53. The van der Waals surface area contributed by atoms with E-state index < -0.39 is 0 Å². The number of rotatable bonds is 5. The molecule has 1 N–H and O–H groups in total. The van der Waals surface area contributed by atoms with Gasteiger partial charge in [0, 0.05) is 18.2 Å². The molecule has 0 bridgehead atoms. The van der Waals surface area contributed by atoms with E-state index in [0.717, 1.165) is 18.5 Å². The number of non-ortho nitro benzene ring substituents is 1. The van der Waals surface area contributed by atoms with Crippen molar-refractivity contribution in [3.8, 4) is 0 Å². The van der Waals surface area contributed by atoms with Crippen LogP contribution < -0.4 is 5.32 Å². The monoisotopic (exact) mass is 208 g/mol. The maximum absolute atomic E-state index is 10.6. The van der Waals surface area contributed by atoms with Crippen LogP contribution in [0.3, 0.4) is 0 Å². The molecule has 0 aromatic heterocycles. The zero-order valence-electron chi connectivity index (χ0n) is 9.06. The standard InChI is InChI=1S/C11H16N2O2/c1-3-7-12-9(2)10-5-4-6-11(8-10)13(14)15/h4-6,8-9,12H,3,7H2,1-2H3. The summed E-state index contributed by atoms with van der Waals surface area (Å²) in [7, 11) is 0. The van der Waals surface area contributed by atoms with Crippen molar-refractivity contribution in [2.24, 2.45) is 0 Å². The van der Waals surface area contributed by atoms with E-state index in [9.17, 15) is 10.1 Å². The molecule has 1 aromatic carbocycles. The van der Waals surface area contributed by atoms with Gasteiger partial charge < -0.3 is 5.32 Å². The van der Waals surface area contributed by atoms with E-state index in [1.807, 2.05) is 13.0 Å². The lowest BCUT2D eigenvalue weighted by atomic mass is 10.1. The number of hydrogen-bond donors (Lipinski definition) is 1. The Bertz CT molecular complexity index is 339. The molecule has 0 aliphatic heterocycles. The molecule has 0 saturated carbocycles. The van der Waals surface area contributed by atoms with E-state index in [0.29, 0.717) is 0 Å². The van der Waals surface area contributed by atoms with E-state index in [1.165, 1.54) is 6.07 Å². The van der Waals surface area contributed by atoms with Crippen LogP contribution in [-0.4, -0.2) is 11.5 Å². The molecule has 0 spiro atoms. The summed E-state index contributed by atoms with van der Waals surface area (Å²) < 4.78 is 0. The van der Waals surface area contributed by atoms with Gasteiger partial charge in [-0.05, 0) is 25.5 Å².